The van der Waals surface area contributed by atoms with E-state index in [1.54, 1.807) is 54.2 Å². The fraction of sp³-hybridized carbons (Fsp3) is 0.105. The number of rotatable bonds is 3. The van der Waals surface area contributed by atoms with Crippen molar-refractivity contribution < 1.29 is 8.42 Å². The van der Waals surface area contributed by atoms with Crippen LogP contribution in [-0.4, -0.2) is 18.2 Å². The third-order valence-electron chi connectivity index (χ3n) is 4.52. The van der Waals surface area contributed by atoms with E-state index in [1.165, 1.54) is 12.1 Å². The van der Waals surface area contributed by atoms with E-state index in [0.717, 1.165) is 0 Å². The number of sulfone groups is 1. The van der Waals surface area contributed by atoms with Gasteiger partial charge in [0.1, 0.15) is 11.9 Å². The van der Waals surface area contributed by atoms with Gasteiger partial charge in [-0.1, -0.05) is 40.9 Å². The van der Waals surface area contributed by atoms with E-state index >= 15 is 0 Å². The summed E-state index contributed by atoms with van der Waals surface area (Å²) in [5, 5.41) is 8.64. The van der Waals surface area contributed by atoms with Crippen LogP contribution in [-0.2, 0) is 9.84 Å². The predicted octanol–water partition coefficient (Wildman–Crippen LogP) is 5.56. The Bertz CT molecular complexity index is 1200. The maximum absolute atomic E-state index is 13.5. The molecule has 0 spiro atoms. The van der Waals surface area contributed by atoms with E-state index in [2.05, 4.69) is 10.4 Å². The van der Waals surface area contributed by atoms with Crippen molar-refractivity contribution in [2.24, 2.45) is 0 Å². The summed E-state index contributed by atoms with van der Waals surface area (Å²) in [7, 11) is -3.85. The van der Waals surface area contributed by atoms with Crippen LogP contribution in [0, 0.1) is 0 Å². The van der Waals surface area contributed by atoms with E-state index in [9.17, 15) is 8.42 Å². The minimum Gasteiger partial charge on any atom is -0.343 e. The molecule has 0 aliphatic carbocycles. The number of nitrogens with zero attached hydrogens (tertiary/aromatic N) is 2. The molecule has 5 nitrogen and oxygen atoms in total. The Labute approximate surface area is 177 Å². The molecule has 9 heteroatoms. The molecule has 4 rings (SSSR count). The first-order valence-corrected chi connectivity index (χ1v) is 10.9. The van der Waals surface area contributed by atoms with Crippen molar-refractivity contribution in [1.29, 1.82) is 0 Å². The van der Waals surface area contributed by atoms with Gasteiger partial charge in [0.05, 0.1) is 26.0 Å². The summed E-state index contributed by atoms with van der Waals surface area (Å²) >= 11 is 18.2. The van der Waals surface area contributed by atoms with Crippen molar-refractivity contribution in [2.75, 3.05) is 5.32 Å². The molecule has 0 saturated heterocycles. The summed E-state index contributed by atoms with van der Waals surface area (Å²) in [5.41, 5.74) is 1.17. The van der Waals surface area contributed by atoms with Crippen molar-refractivity contribution >= 4 is 50.5 Å². The molecule has 1 aliphatic rings. The van der Waals surface area contributed by atoms with E-state index in [4.69, 9.17) is 34.8 Å². The van der Waals surface area contributed by atoms with Crippen molar-refractivity contribution in [1.82, 2.24) is 9.78 Å². The highest BCUT2D eigenvalue weighted by atomic mass is 35.5. The summed E-state index contributed by atoms with van der Waals surface area (Å²) < 4.78 is 28.7. The second kappa shape index (κ2) is 7.12. The molecule has 144 valence electrons. The third-order valence-corrected chi connectivity index (χ3v) is 7.51. The van der Waals surface area contributed by atoms with Crippen molar-refractivity contribution in [3.63, 3.8) is 0 Å². The summed E-state index contributed by atoms with van der Waals surface area (Å²) in [6, 6.07) is 12.2. The number of benzene rings is 2. The lowest BCUT2D eigenvalue weighted by Gasteiger charge is -2.30. The Morgan fingerprint density at radius 2 is 1.71 bits per heavy atom. The fourth-order valence-electron chi connectivity index (χ4n) is 3.25. The summed E-state index contributed by atoms with van der Waals surface area (Å²) in [6.45, 7) is 1.73. The van der Waals surface area contributed by atoms with Gasteiger partial charge in [-0.3, -0.25) is 0 Å². The molecule has 0 amide bonds. The largest absolute Gasteiger partial charge is 0.343 e. The van der Waals surface area contributed by atoms with E-state index in [1.807, 2.05) is 0 Å². The molecular formula is C19H14Cl3N3O2S. The average molecular weight is 455 g/mol. The number of nitrogens with one attached hydrogen (secondary N) is 1. The zero-order valence-electron chi connectivity index (χ0n) is 14.5. The number of hydrogen-bond donors (Lipinski definition) is 1. The summed E-state index contributed by atoms with van der Waals surface area (Å²) in [5.74, 6) is 0.684. The first kappa shape index (κ1) is 19.3. The van der Waals surface area contributed by atoms with Crippen LogP contribution in [0.25, 0.3) is 0 Å². The van der Waals surface area contributed by atoms with Gasteiger partial charge in [0.25, 0.3) is 0 Å². The zero-order chi connectivity index (χ0) is 20.1. The van der Waals surface area contributed by atoms with Gasteiger partial charge in [-0.2, -0.15) is 5.10 Å². The van der Waals surface area contributed by atoms with E-state index < -0.39 is 15.9 Å². The van der Waals surface area contributed by atoms with Gasteiger partial charge in [-0.05, 0) is 48.9 Å². The Morgan fingerprint density at radius 1 is 1.00 bits per heavy atom. The molecule has 0 saturated carbocycles. The van der Waals surface area contributed by atoms with Gasteiger partial charge in [0.15, 0.2) is 0 Å². The molecule has 2 heterocycles. The van der Waals surface area contributed by atoms with Gasteiger partial charge < -0.3 is 5.32 Å². The van der Waals surface area contributed by atoms with Crippen LogP contribution in [0.2, 0.25) is 15.1 Å². The Balaban J connectivity index is 1.95. The fourth-order valence-corrected chi connectivity index (χ4v) is 5.42. The molecule has 1 unspecified atom stereocenters. The van der Waals surface area contributed by atoms with Crippen molar-refractivity contribution in [3.05, 3.63) is 86.0 Å². The second-order valence-corrected chi connectivity index (χ2v) is 9.48. The normalized spacial score (nSPS) is 16.6. The molecule has 1 atom stereocenters. The van der Waals surface area contributed by atoms with E-state index in [-0.39, 0.29) is 9.80 Å². The lowest BCUT2D eigenvalue weighted by molar-refractivity contribution is 0.565. The number of aromatic nitrogens is 2. The van der Waals surface area contributed by atoms with Crippen molar-refractivity contribution in [3.8, 4) is 0 Å². The molecular weight excluding hydrogens is 441 g/mol. The quantitative estimate of drug-likeness (QED) is 0.562. The highest BCUT2D eigenvalue weighted by molar-refractivity contribution is 7.95. The predicted molar refractivity (Wildman–Crippen MR) is 112 cm³/mol. The molecule has 28 heavy (non-hydrogen) atoms. The van der Waals surface area contributed by atoms with Gasteiger partial charge in [-0.25, -0.2) is 13.1 Å². The van der Waals surface area contributed by atoms with Gasteiger partial charge in [-0.15, -0.1) is 0 Å². The summed E-state index contributed by atoms with van der Waals surface area (Å²) in [4.78, 5) is 0.332. The standard InChI is InChI=1S/C19H14Cl3N3O2S/c1-11-19(28(26,27)14-5-3-13(20)4-6-14)18(25-17(24-11)8-9-23-25)12-2-7-15(21)16(22)10-12/h2-10,18,24H,1H3. The molecule has 0 bridgehead atoms. The minimum atomic E-state index is -3.85. The molecule has 1 N–H and O–H groups in total. The highest BCUT2D eigenvalue weighted by Gasteiger charge is 2.37. The van der Waals surface area contributed by atoms with Crippen LogP contribution in [0.15, 0.2) is 70.2 Å². The monoisotopic (exact) mass is 453 g/mol. The number of fused-ring (bicyclic) bond motifs is 1. The highest BCUT2D eigenvalue weighted by Crippen LogP contribution is 2.41. The lowest BCUT2D eigenvalue weighted by atomic mass is 10.0. The number of anilines is 1. The Morgan fingerprint density at radius 3 is 2.39 bits per heavy atom. The first-order valence-electron chi connectivity index (χ1n) is 8.26. The van der Waals surface area contributed by atoms with Crippen LogP contribution in [0.3, 0.4) is 0 Å². The first-order chi connectivity index (χ1) is 13.3. The molecule has 0 fully saturated rings. The third kappa shape index (κ3) is 3.20. The molecule has 2 aromatic carbocycles. The maximum Gasteiger partial charge on any atom is 0.206 e. The van der Waals surface area contributed by atoms with Crippen LogP contribution < -0.4 is 5.32 Å². The smallest absolute Gasteiger partial charge is 0.206 e. The van der Waals surface area contributed by atoms with Gasteiger partial charge in [0, 0.05) is 16.8 Å². The van der Waals surface area contributed by atoms with Crippen LogP contribution in [0.1, 0.15) is 18.5 Å². The van der Waals surface area contributed by atoms with Gasteiger partial charge >= 0.3 is 0 Å². The molecule has 1 aromatic heterocycles. The molecule has 3 aromatic rings. The van der Waals surface area contributed by atoms with Gasteiger partial charge in [0.2, 0.25) is 9.84 Å². The Kier molecular flexibility index (Phi) is 4.91. The minimum absolute atomic E-state index is 0.147. The van der Waals surface area contributed by atoms with E-state index in [0.29, 0.717) is 32.1 Å². The zero-order valence-corrected chi connectivity index (χ0v) is 17.6. The lowest BCUT2D eigenvalue weighted by Crippen LogP contribution is -2.28. The Hall–Kier alpha value is -1.99. The number of halogens is 3. The molecule has 0 radical (unpaired) electrons. The van der Waals surface area contributed by atoms with Crippen LogP contribution >= 0.6 is 34.8 Å². The molecule has 1 aliphatic heterocycles. The number of hydrogen-bond acceptors (Lipinski definition) is 4. The topological polar surface area (TPSA) is 64.0 Å². The maximum atomic E-state index is 13.5. The van der Waals surface area contributed by atoms with Crippen LogP contribution in [0.4, 0.5) is 5.82 Å². The summed E-state index contributed by atoms with van der Waals surface area (Å²) in [6.07, 6.45) is 1.61. The van der Waals surface area contributed by atoms with Crippen LogP contribution in [0.5, 0.6) is 0 Å². The SMILES string of the molecule is CC1=C(S(=O)(=O)c2ccc(Cl)cc2)C(c2ccc(Cl)c(Cl)c2)n2nccc2N1. The average Bonchev–Trinajstić information content (AvgIpc) is 3.11. The second-order valence-electron chi connectivity index (χ2n) is 6.31. The van der Waals surface area contributed by atoms with Crippen molar-refractivity contribution in [2.45, 2.75) is 17.9 Å². The number of allylic oxidation sites excluding steroid dienone is 2.